The number of hydrazine groups is 1. The van der Waals surface area contributed by atoms with Crippen LogP contribution in [0.15, 0.2) is 79.0 Å². The molecule has 1 fully saturated rings. The van der Waals surface area contributed by atoms with Crippen LogP contribution >= 0.6 is 0 Å². The van der Waals surface area contributed by atoms with Gasteiger partial charge in [-0.3, -0.25) is 15.2 Å². The van der Waals surface area contributed by atoms with Crippen LogP contribution in [0.25, 0.3) is 11.3 Å². The zero-order chi connectivity index (χ0) is 33.8. The number of carbonyl (C=O) groups is 3. The van der Waals surface area contributed by atoms with Gasteiger partial charge in [-0.05, 0) is 41.0 Å². The topological polar surface area (TPSA) is 131 Å². The molecule has 0 bridgehead atoms. The average Bonchev–Trinajstić information content (AvgIpc) is 3.56. The minimum Gasteiger partial charge on any atom is -0.453 e. The zero-order valence-corrected chi connectivity index (χ0v) is 27.9. The second kappa shape index (κ2) is 16.9. The van der Waals surface area contributed by atoms with E-state index in [1.807, 2.05) is 106 Å². The van der Waals surface area contributed by atoms with Crippen molar-refractivity contribution in [3.63, 3.8) is 0 Å². The van der Waals surface area contributed by atoms with Gasteiger partial charge in [-0.15, -0.1) is 0 Å². The number of amides is 3. The molecule has 0 radical (unpaired) electrons. The molecule has 4 rings (SSSR count). The van der Waals surface area contributed by atoms with Crippen molar-refractivity contribution < 1.29 is 28.6 Å². The number of hydrogen-bond donors (Lipinski definition) is 3. The van der Waals surface area contributed by atoms with Crippen LogP contribution in [0, 0.1) is 11.3 Å². The lowest BCUT2D eigenvalue weighted by atomic mass is 9.86. The van der Waals surface area contributed by atoms with E-state index in [0.29, 0.717) is 39.1 Å². The molecule has 252 valence electrons. The third-order valence-corrected chi connectivity index (χ3v) is 8.09. The van der Waals surface area contributed by atoms with Gasteiger partial charge in [0.2, 0.25) is 0 Å². The molecule has 1 aliphatic rings. The first-order valence-corrected chi connectivity index (χ1v) is 16.0. The first kappa shape index (κ1) is 35.4. The Kier molecular flexibility index (Phi) is 12.7. The van der Waals surface area contributed by atoms with Crippen molar-refractivity contribution in [2.45, 2.75) is 65.3 Å². The smallest absolute Gasteiger partial charge is 0.407 e. The lowest BCUT2D eigenvalue weighted by molar-refractivity contribution is -0.131. The van der Waals surface area contributed by atoms with Gasteiger partial charge in [0.25, 0.3) is 5.91 Å². The molecule has 4 atom stereocenters. The highest BCUT2D eigenvalue weighted by Gasteiger charge is 2.35. The summed E-state index contributed by atoms with van der Waals surface area (Å²) in [6, 6.07) is 22.5. The van der Waals surface area contributed by atoms with Crippen LogP contribution in [0.5, 0.6) is 0 Å². The van der Waals surface area contributed by atoms with E-state index in [9.17, 15) is 14.4 Å². The summed E-state index contributed by atoms with van der Waals surface area (Å²) in [5.74, 6) is -0.522. The van der Waals surface area contributed by atoms with Crippen LogP contribution in [0.3, 0.4) is 0 Å². The first-order chi connectivity index (χ1) is 22.5. The van der Waals surface area contributed by atoms with Gasteiger partial charge in [0.1, 0.15) is 12.1 Å². The lowest BCUT2D eigenvalue weighted by Gasteiger charge is -2.35. The molecule has 2 heterocycles. The normalized spacial score (nSPS) is 16.5. The van der Waals surface area contributed by atoms with E-state index in [-0.39, 0.29) is 24.0 Å². The zero-order valence-electron chi connectivity index (χ0n) is 27.9. The molecule has 2 aromatic carbocycles. The van der Waals surface area contributed by atoms with E-state index in [1.54, 1.807) is 6.20 Å². The van der Waals surface area contributed by atoms with Gasteiger partial charge in [0.05, 0.1) is 26.0 Å². The predicted molar refractivity (Wildman–Crippen MR) is 179 cm³/mol. The molecule has 1 saturated heterocycles. The van der Waals surface area contributed by atoms with Gasteiger partial charge in [0.15, 0.2) is 0 Å². The summed E-state index contributed by atoms with van der Waals surface area (Å²) in [6.45, 7) is 9.36. The highest BCUT2D eigenvalue weighted by molar-refractivity contribution is 5.86. The van der Waals surface area contributed by atoms with E-state index < -0.39 is 23.6 Å². The predicted octanol–water partition coefficient (Wildman–Crippen LogP) is 5.12. The summed E-state index contributed by atoms with van der Waals surface area (Å²) in [4.78, 5) is 43.4. The van der Waals surface area contributed by atoms with Crippen LogP contribution in [-0.4, -0.2) is 73.1 Å². The summed E-state index contributed by atoms with van der Waals surface area (Å²) >= 11 is 0. The Morgan fingerprint density at radius 1 is 0.957 bits per heavy atom. The van der Waals surface area contributed by atoms with Crippen molar-refractivity contribution in [3.05, 3.63) is 90.1 Å². The number of alkyl carbamates (subject to hydrolysis) is 2. The van der Waals surface area contributed by atoms with E-state index in [1.165, 1.54) is 7.11 Å². The molecular formula is C36H47N5O6. The second-order valence-corrected chi connectivity index (χ2v) is 13.0. The molecule has 11 nitrogen and oxygen atoms in total. The summed E-state index contributed by atoms with van der Waals surface area (Å²) in [5.41, 5.74) is 6.32. The number of methoxy groups -OCH3 is 1. The van der Waals surface area contributed by atoms with Gasteiger partial charge in [-0.2, -0.15) is 0 Å². The van der Waals surface area contributed by atoms with Crippen molar-refractivity contribution in [3.8, 4) is 11.3 Å². The largest absolute Gasteiger partial charge is 0.453 e. The van der Waals surface area contributed by atoms with Gasteiger partial charge in [-0.1, -0.05) is 88.4 Å². The van der Waals surface area contributed by atoms with Gasteiger partial charge in [-0.25, -0.2) is 14.6 Å². The minimum atomic E-state index is -0.874. The fourth-order valence-electron chi connectivity index (χ4n) is 5.44. The van der Waals surface area contributed by atoms with Crippen LogP contribution in [-0.2, 0) is 32.0 Å². The number of carbonyl (C=O) groups excluding carboxylic acids is 3. The summed E-state index contributed by atoms with van der Waals surface area (Å²) in [6.07, 6.45) is 1.52. The number of benzene rings is 2. The molecule has 0 saturated carbocycles. The Bertz CT molecular complexity index is 1430. The number of ether oxygens (including phenoxy) is 3. The van der Waals surface area contributed by atoms with Gasteiger partial charge in [0, 0.05) is 37.3 Å². The maximum atomic E-state index is 13.8. The Morgan fingerprint density at radius 2 is 1.68 bits per heavy atom. The molecule has 3 N–H and O–H groups in total. The van der Waals surface area contributed by atoms with Crippen LogP contribution in [0.2, 0.25) is 0 Å². The monoisotopic (exact) mass is 645 g/mol. The molecular weight excluding hydrogens is 598 g/mol. The maximum Gasteiger partial charge on any atom is 0.407 e. The highest BCUT2D eigenvalue weighted by atomic mass is 16.6. The Labute approximate surface area is 277 Å². The molecule has 0 spiro atoms. The van der Waals surface area contributed by atoms with Crippen LogP contribution < -0.4 is 16.1 Å². The maximum absolute atomic E-state index is 13.8. The number of pyridine rings is 1. The summed E-state index contributed by atoms with van der Waals surface area (Å²) < 4.78 is 15.8. The third-order valence-electron chi connectivity index (χ3n) is 8.09. The van der Waals surface area contributed by atoms with Crippen LogP contribution in [0.1, 0.15) is 45.2 Å². The molecule has 4 unspecified atom stereocenters. The van der Waals surface area contributed by atoms with Crippen molar-refractivity contribution in [1.29, 1.82) is 0 Å². The van der Waals surface area contributed by atoms with E-state index in [2.05, 4.69) is 21.0 Å². The molecule has 1 aromatic heterocycles. The minimum absolute atomic E-state index is 0.141. The third kappa shape index (κ3) is 11.1. The van der Waals surface area contributed by atoms with E-state index in [0.717, 1.165) is 22.4 Å². The molecule has 3 aromatic rings. The molecule has 3 amide bonds. The molecule has 11 heteroatoms. The Hall–Kier alpha value is -4.48. The Morgan fingerprint density at radius 3 is 2.30 bits per heavy atom. The molecule has 1 aliphatic heterocycles. The van der Waals surface area contributed by atoms with E-state index >= 15 is 0 Å². The quantitative estimate of drug-likeness (QED) is 0.219. The second-order valence-electron chi connectivity index (χ2n) is 13.0. The van der Waals surface area contributed by atoms with Crippen molar-refractivity contribution in [2.75, 3.05) is 26.9 Å². The molecule has 47 heavy (non-hydrogen) atoms. The fourth-order valence-corrected chi connectivity index (χ4v) is 5.44. The average molecular weight is 646 g/mol. The number of nitrogens with one attached hydrogen (secondary N) is 3. The lowest BCUT2D eigenvalue weighted by Crippen LogP contribution is -2.58. The Balaban J connectivity index is 1.56. The van der Waals surface area contributed by atoms with Gasteiger partial charge < -0.3 is 24.8 Å². The van der Waals surface area contributed by atoms with E-state index in [4.69, 9.17) is 14.2 Å². The van der Waals surface area contributed by atoms with Gasteiger partial charge >= 0.3 is 12.2 Å². The van der Waals surface area contributed by atoms with Crippen molar-refractivity contribution in [1.82, 2.24) is 26.1 Å². The number of rotatable bonds is 13. The van der Waals surface area contributed by atoms with Crippen molar-refractivity contribution in [2.24, 2.45) is 11.3 Å². The molecule has 0 aliphatic carbocycles. The number of aromatic nitrogens is 1. The first-order valence-electron chi connectivity index (χ1n) is 16.0. The fraction of sp³-hybridized carbons (Fsp3) is 0.444. The van der Waals surface area contributed by atoms with Crippen molar-refractivity contribution >= 4 is 18.1 Å². The summed E-state index contributed by atoms with van der Waals surface area (Å²) in [5, 5.41) is 7.59. The summed E-state index contributed by atoms with van der Waals surface area (Å²) in [7, 11) is 1.26. The standard InChI is InChI=1S/C36H47N5O6/c1-25(31(21-26-11-7-6-8-12-26)38-35(44)47-29-18-20-46-24-29)22-41(40-33(42)32(36(2,3)4)39-34(43)45-5)23-27-14-16-28(17-15-27)30-13-9-10-19-37-30/h6-17,19,25,29,31-32H,18,20-24H2,1-5H3,(H,38,44)(H,39,43)(H,40,42). The highest BCUT2D eigenvalue weighted by Crippen LogP contribution is 2.22. The SMILES string of the molecule is COC(=O)NC(C(=O)NN(Cc1ccc(-c2ccccn2)cc1)CC(C)C(Cc1ccccc1)NC(=O)OC1CCOC1)C(C)(C)C. The number of hydrogen-bond acceptors (Lipinski definition) is 8. The number of nitrogens with zero attached hydrogens (tertiary/aromatic N) is 2. The van der Waals surface area contributed by atoms with Crippen LogP contribution in [0.4, 0.5) is 9.59 Å².